The highest BCUT2D eigenvalue weighted by Gasteiger charge is 2.58. The molecule has 0 radical (unpaired) electrons. The second-order valence-electron chi connectivity index (χ2n) is 11.4. The van der Waals surface area contributed by atoms with Crippen LogP contribution in [0.5, 0.6) is 0 Å². The lowest BCUT2D eigenvalue weighted by Crippen LogP contribution is -2.52. The Morgan fingerprint density at radius 1 is 1.00 bits per heavy atom. The van der Waals surface area contributed by atoms with Crippen LogP contribution in [0.25, 0.3) is 6.08 Å². The van der Waals surface area contributed by atoms with Crippen LogP contribution in [0.15, 0.2) is 40.5 Å². The van der Waals surface area contributed by atoms with Crippen LogP contribution in [-0.4, -0.2) is 16.8 Å². The minimum atomic E-state index is -0.380. The van der Waals surface area contributed by atoms with Crippen molar-refractivity contribution in [3.63, 3.8) is 0 Å². The third kappa shape index (κ3) is 3.98. The topological polar surface area (TPSA) is 67.9 Å². The van der Waals surface area contributed by atoms with Gasteiger partial charge in [0.1, 0.15) is 0 Å². The number of benzene rings is 1. The molecule has 0 saturated heterocycles. The Balaban J connectivity index is 1.26. The highest BCUT2D eigenvalue weighted by molar-refractivity contribution is 5.93. The number of hydrogen-bond donors (Lipinski definition) is 0. The van der Waals surface area contributed by atoms with Crippen LogP contribution in [0, 0.1) is 44.6 Å². The summed E-state index contributed by atoms with van der Waals surface area (Å²) in [6.45, 7) is 5.11. The molecule has 1 aromatic carbocycles. The molecular weight excluding hydrogens is 410 g/mol. The summed E-state index contributed by atoms with van der Waals surface area (Å²) in [5.41, 5.74) is 3.14. The van der Waals surface area contributed by atoms with Crippen molar-refractivity contribution in [3.05, 3.63) is 46.0 Å². The molecule has 0 amide bonds. The second kappa shape index (κ2) is 8.81. The van der Waals surface area contributed by atoms with E-state index in [-0.39, 0.29) is 16.0 Å². The monoisotopic (exact) mass is 447 g/mol. The van der Waals surface area contributed by atoms with E-state index in [0.717, 1.165) is 35.7 Å². The maximum Gasteiger partial charge on any atom is 0.269 e. The average Bonchev–Trinajstić information content (AvgIpc) is 3.15. The molecule has 0 heterocycles. The predicted molar refractivity (Wildman–Crippen MR) is 134 cm³/mol. The molecule has 4 aliphatic rings. The molecule has 5 nitrogen and oxygen atoms in total. The van der Waals surface area contributed by atoms with Crippen molar-refractivity contribution in [3.8, 4) is 0 Å². The summed E-state index contributed by atoms with van der Waals surface area (Å²) in [6, 6.07) is 6.54. The van der Waals surface area contributed by atoms with Gasteiger partial charge in [0.05, 0.1) is 4.92 Å². The van der Waals surface area contributed by atoms with Gasteiger partial charge in [0.25, 0.3) is 5.69 Å². The number of allylic oxidation sites excluding steroid dienone is 1. The van der Waals surface area contributed by atoms with Crippen molar-refractivity contribution in [2.75, 3.05) is 0 Å². The second-order valence-corrected chi connectivity index (χ2v) is 11.4. The fourth-order valence-electron chi connectivity index (χ4n) is 8.25. The van der Waals surface area contributed by atoms with Gasteiger partial charge < -0.3 is 0 Å². The number of hydrogen-bond acceptors (Lipinski definition) is 4. The number of non-ortho nitro benzene ring substituents is 1. The molecule has 5 rings (SSSR count). The van der Waals surface area contributed by atoms with Gasteiger partial charge in [-0.05, 0) is 104 Å². The van der Waals surface area contributed by atoms with Gasteiger partial charge in [0, 0.05) is 29.5 Å². The first-order valence-electron chi connectivity index (χ1n) is 12.9. The van der Waals surface area contributed by atoms with Crippen LogP contribution >= 0.6 is 0 Å². The Kier molecular flexibility index (Phi) is 6.00. The molecule has 6 atom stereocenters. The summed E-state index contributed by atoms with van der Waals surface area (Å²) in [5.74, 6) is 3.54. The molecule has 5 heteroatoms. The van der Waals surface area contributed by atoms with E-state index in [1.807, 2.05) is 12.2 Å². The standard InChI is InChI=1S/C28H37N3O2/c1-27-17-4-3-7-21(27)10-13-23-24-14-15-26(28(24,2)18-16-25(23)27)30-29-19-5-6-20-8-11-22(12-9-20)31(32)33/h5-6,8-9,11-12,19,21,23-25H,3-4,7,10,13-18H2,1-2H3/b6-5+,29-19+,30-26-/t21-,23?,24?,25?,27+,28+/m0/s1. The third-order valence-electron chi connectivity index (χ3n) is 10.0. The molecule has 4 aliphatic carbocycles. The number of nitrogens with zero attached hydrogens (tertiary/aromatic N) is 3. The fourth-order valence-corrected chi connectivity index (χ4v) is 8.25. The molecule has 0 aromatic heterocycles. The Bertz CT molecular complexity index is 981. The molecule has 4 saturated carbocycles. The van der Waals surface area contributed by atoms with Gasteiger partial charge in [-0.1, -0.05) is 32.8 Å². The number of rotatable bonds is 4. The summed E-state index contributed by atoms with van der Waals surface area (Å²) in [4.78, 5) is 10.4. The van der Waals surface area contributed by atoms with Crippen molar-refractivity contribution in [2.45, 2.75) is 78.1 Å². The summed E-state index contributed by atoms with van der Waals surface area (Å²) in [6.07, 6.45) is 19.2. The number of nitro groups is 1. The van der Waals surface area contributed by atoms with Gasteiger partial charge in [-0.15, -0.1) is 0 Å². The Morgan fingerprint density at radius 3 is 2.61 bits per heavy atom. The van der Waals surface area contributed by atoms with E-state index in [2.05, 4.69) is 18.9 Å². The van der Waals surface area contributed by atoms with Crippen LogP contribution in [0.4, 0.5) is 5.69 Å². The maximum atomic E-state index is 10.8. The van der Waals surface area contributed by atoms with Crippen LogP contribution in [-0.2, 0) is 0 Å². The highest BCUT2D eigenvalue weighted by Crippen LogP contribution is 2.65. The zero-order chi connectivity index (χ0) is 23.1. The minimum absolute atomic E-state index is 0.108. The first kappa shape index (κ1) is 22.5. The van der Waals surface area contributed by atoms with E-state index in [0.29, 0.717) is 5.41 Å². The summed E-state index contributed by atoms with van der Waals surface area (Å²) >= 11 is 0. The van der Waals surface area contributed by atoms with Gasteiger partial charge in [-0.3, -0.25) is 10.1 Å². The Morgan fingerprint density at radius 2 is 1.82 bits per heavy atom. The van der Waals surface area contributed by atoms with Crippen molar-refractivity contribution >= 4 is 23.7 Å². The van der Waals surface area contributed by atoms with Crippen LogP contribution in [0.3, 0.4) is 0 Å². The smallest absolute Gasteiger partial charge is 0.258 e. The molecule has 0 spiro atoms. The molecule has 0 aliphatic heterocycles. The molecule has 176 valence electrons. The molecule has 0 N–H and O–H groups in total. The molecular formula is C28H37N3O2. The van der Waals surface area contributed by atoms with Crippen molar-refractivity contribution < 1.29 is 4.92 Å². The van der Waals surface area contributed by atoms with Crippen LogP contribution in [0.1, 0.15) is 83.6 Å². The normalized spacial score (nSPS) is 39.5. The van der Waals surface area contributed by atoms with E-state index in [4.69, 9.17) is 5.10 Å². The van der Waals surface area contributed by atoms with Gasteiger partial charge in [0.2, 0.25) is 0 Å². The largest absolute Gasteiger partial charge is 0.269 e. The highest BCUT2D eigenvalue weighted by atomic mass is 16.6. The lowest BCUT2D eigenvalue weighted by atomic mass is 9.45. The molecule has 0 bridgehead atoms. The number of fused-ring (bicyclic) bond motifs is 5. The lowest BCUT2D eigenvalue weighted by Gasteiger charge is -2.59. The first-order chi connectivity index (χ1) is 15.9. The van der Waals surface area contributed by atoms with E-state index >= 15 is 0 Å². The van der Waals surface area contributed by atoms with Crippen LogP contribution < -0.4 is 0 Å². The predicted octanol–water partition coefficient (Wildman–Crippen LogP) is 7.47. The lowest BCUT2D eigenvalue weighted by molar-refractivity contribution is -0.384. The van der Waals surface area contributed by atoms with Crippen molar-refractivity contribution in [2.24, 2.45) is 44.7 Å². The molecule has 33 heavy (non-hydrogen) atoms. The van der Waals surface area contributed by atoms with Gasteiger partial charge in [0.15, 0.2) is 0 Å². The van der Waals surface area contributed by atoms with Crippen LogP contribution in [0.2, 0.25) is 0 Å². The first-order valence-corrected chi connectivity index (χ1v) is 12.9. The Labute approximate surface area is 197 Å². The fraction of sp³-hybridized carbons (Fsp3) is 0.643. The molecule has 4 fully saturated rings. The third-order valence-corrected chi connectivity index (χ3v) is 10.0. The summed E-state index contributed by atoms with van der Waals surface area (Å²) in [5, 5.41) is 19.9. The average molecular weight is 448 g/mol. The minimum Gasteiger partial charge on any atom is -0.258 e. The van der Waals surface area contributed by atoms with Gasteiger partial charge >= 0.3 is 0 Å². The zero-order valence-corrected chi connectivity index (χ0v) is 20.1. The van der Waals surface area contributed by atoms with E-state index in [1.54, 1.807) is 18.3 Å². The van der Waals surface area contributed by atoms with Gasteiger partial charge in [-0.2, -0.15) is 10.2 Å². The van der Waals surface area contributed by atoms with Crippen molar-refractivity contribution in [1.82, 2.24) is 0 Å². The van der Waals surface area contributed by atoms with E-state index in [9.17, 15) is 10.1 Å². The van der Waals surface area contributed by atoms with E-state index in [1.165, 1.54) is 75.6 Å². The SMILES string of the molecule is C[C@@]12CCC3C(CC[C@@H]4CCCC[C@@]34C)C1CC/C2=N/N=C/C=C/c1ccc([N+](=O)[O-])cc1. The molecule has 3 unspecified atom stereocenters. The number of nitro benzene ring substituents is 1. The van der Waals surface area contributed by atoms with Crippen molar-refractivity contribution in [1.29, 1.82) is 0 Å². The molecule has 1 aromatic rings. The van der Waals surface area contributed by atoms with E-state index < -0.39 is 0 Å². The summed E-state index contributed by atoms with van der Waals surface area (Å²) < 4.78 is 0. The maximum absolute atomic E-state index is 10.8. The van der Waals surface area contributed by atoms with Gasteiger partial charge in [-0.25, -0.2) is 0 Å². The quantitative estimate of drug-likeness (QED) is 0.273. The Hall–Kier alpha value is -2.30. The summed E-state index contributed by atoms with van der Waals surface area (Å²) in [7, 11) is 0. The zero-order valence-electron chi connectivity index (χ0n) is 20.1.